The van der Waals surface area contributed by atoms with Gasteiger partial charge < -0.3 is 4.42 Å². The minimum atomic E-state index is 0.268. The highest BCUT2D eigenvalue weighted by Crippen LogP contribution is 2.22. The SMILES string of the molecule is C=C(Cl)/N=C(/c1ccoc1)c1sccc1C.CC. The van der Waals surface area contributed by atoms with Crippen molar-refractivity contribution in [2.45, 2.75) is 20.8 Å². The van der Waals surface area contributed by atoms with Crippen molar-refractivity contribution in [2.75, 3.05) is 0 Å². The van der Waals surface area contributed by atoms with Crippen LogP contribution in [0.2, 0.25) is 0 Å². The summed E-state index contributed by atoms with van der Waals surface area (Å²) in [5, 5.41) is 2.29. The highest BCUT2D eigenvalue weighted by atomic mass is 35.5. The molecule has 0 aliphatic carbocycles. The van der Waals surface area contributed by atoms with E-state index in [1.165, 1.54) is 5.56 Å². The fourth-order valence-electron chi connectivity index (χ4n) is 1.38. The van der Waals surface area contributed by atoms with Gasteiger partial charge in [-0.25, -0.2) is 4.99 Å². The molecule has 2 aromatic heterocycles. The van der Waals surface area contributed by atoms with Crippen LogP contribution in [0.4, 0.5) is 0 Å². The summed E-state index contributed by atoms with van der Waals surface area (Å²) in [6.45, 7) is 9.64. The highest BCUT2D eigenvalue weighted by molar-refractivity contribution is 7.12. The fourth-order valence-corrected chi connectivity index (χ4v) is 2.40. The lowest BCUT2D eigenvalue weighted by atomic mass is 10.1. The normalized spacial score (nSPS) is 10.8. The van der Waals surface area contributed by atoms with E-state index in [0.717, 1.165) is 16.2 Å². The van der Waals surface area contributed by atoms with E-state index in [2.05, 4.69) is 11.6 Å². The molecule has 0 aliphatic heterocycles. The maximum Gasteiger partial charge on any atom is 0.122 e. The number of rotatable bonds is 3. The molecule has 0 saturated heterocycles. The Hall–Kier alpha value is -1.32. The molecule has 4 heteroatoms. The third kappa shape index (κ3) is 3.59. The summed E-state index contributed by atoms with van der Waals surface area (Å²) in [5.41, 5.74) is 2.89. The van der Waals surface area contributed by atoms with Crippen molar-refractivity contribution in [3.63, 3.8) is 0 Å². The van der Waals surface area contributed by atoms with Crippen molar-refractivity contribution in [1.29, 1.82) is 0 Å². The first-order chi connectivity index (χ1) is 8.68. The fraction of sp³-hybridized carbons (Fsp3) is 0.214. The van der Waals surface area contributed by atoms with Gasteiger partial charge in [0.25, 0.3) is 0 Å². The summed E-state index contributed by atoms with van der Waals surface area (Å²) in [5.74, 6) is 0. The molecular weight excluding hydrogens is 266 g/mol. The minimum Gasteiger partial charge on any atom is -0.472 e. The smallest absolute Gasteiger partial charge is 0.122 e. The first-order valence-corrected chi connectivity index (χ1v) is 6.94. The second-order valence-electron chi connectivity index (χ2n) is 3.28. The molecule has 0 fully saturated rings. The van der Waals surface area contributed by atoms with Gasteiger partial charge in [0, 0.05) is 5.56 Å². The standard InChI is InChI=1S/C12H10ClNOS.C2H6/c1-8-4-6-16-12(8)11(14-9(2)13)10-3-5-15-7-10;1-2/h3-7H,2H2,1H3;1-2H3/b14-11-;. The van der Waals surface area contributed by atoms with Crippen LogP contribution in [0, 0.1) is 6.92 Å². The monoisotopic (exact) mass is 281 g/mol. The summed E-state index contributed by atoms with van der Waals surface area (Å²) in [6, 6.07) is 3.91. The van der Waals surface area contributed by atoms with Crippen molar-refractivity contribution in [2.24, 2.45) is 4.99 Å². The van der Waals surface area contributed by atoms with E-state index in [-0.39, 0.29) is 5.16 Å². The van der Waals surface area contributed by atoms with Gasteiger partial charge in [0.05, 0.1) is 23.1 Å². The third-order valence-corrected chi connectivity index (χ3v) is 3.21. The molecule has 0 N–H and O–H groups in total. The number of thiophene rings is 1. The highest BCUT2D eigenvalue weighted by Gasteiger charge is 2.12. The maximum atomic E-state index is 5.75. The molecule has 0 saturated carbocycles. The van der Waals surface area contributed by atoms with Crippen molar-refractivity contribution in [1.82, 2.24) is 0 Å². The molecule has 0 spiro atoms. The second-order valence-corrected chi connectivity index (χ2v) is 4.63. The zero-order chi connectivity index (χ0) is 13.5. The lowest BCUT2D eigenvalue weighted by Crippen LogP contribution is -2.00. The van der Waals surface area contributed by atoms with Gasteiger partial charge in [-0.15, -0.1) is 11.3 Å². The molecule has 0 atom stereocenters. The summed E-state index contributed by atoms with van der Waals surface area (Å²) in [6.07, 6.45) is 3.27. The Bertz CT molecular complexity index is 526. The number of nitrogens with zero attached hydrogens (tertiary/aromatic N) is 1. The summed E-state index contributed by atoms with van der Waals surface area (Å²) < 4.78 is 5.07. The quantitative estimate of drug-likeness (QED) is 0.559. The predicted octanol–water partition coefficient (Wildman–Crippen LogP) is 5.22. The van der Waals surface area contributed by atoms with Crippen LogP contribution in [-0.4, -0.2) is 5.71 Å². The Balaban J connectivity index is 0.000000771. The lowest BCUT2D eigenvalue weighted by molar-refractivity contribution is 0.567. The maximum absolute atomic E-state index is 5.75. The molecule has 2 aromatic rings. The number of halogens is 1. The summed E-state index contributed by atoms with van der Waals surface area (Å²) in [7, 11) is 0. The average molecular weight is 282 g/mol. The van der Waals surface area contributed by atoms with E-state index in [9.17, 15) is 0 Å². The molecule has 2 nitrogen and oxygen atoms in total. The summed E-state index contributed by atoms with van der Waals surface area (Å²) >= 11 is 7.38. The van der Waals surface area contributed by atoms with E-state index in [4.69, 9.17) is 16.0 Å². The van der Waals surface area contributed by atoms with Crippen molar-refractivity contribution in [3.8, 4) is 0 Å². The van der Waals surface area contributed by atoms with Crippen LogP contribution in [0.1, 0.15) is 29.9 Å². The van der Waals surface area contributed by atoms with Crippen LogP contribution in [0.3, 0.4) is 0 Å². The Kier molecular flexibility index (Phi) is 5.89. The van der Waals surface area contributed by atoms with E-state index < -0.39 is 0 Å². The molecule has 18 heavy (non-hydrogen) atoms. The minimum absolute atomic E-state index is 0.268. The van der Waals surface area contributed by atoms with Crippen molar-refractivity contribution >= 4 is 28.6 Å². The summed E-state index contributed by atoms with van der Waals surface area (Å²) in [4.78, 5) is 5.35. The largest absolute Gasteiger partial charge is 0.472 e. The van der Waals surface area contributed by atoms with Gasteiger partial charge in [-0.3, -0.25) is 0 Å². The Morgan fingerprint density at radius 2 is 2.11 bits per heavy atom. The van der Waals surface area contributed by atoms with E-state index >= 15 is 0 Å². The molecular formula is C14H16ClNOS. The predicted molar refractivity (Wildman–Crippen MR) is 79.7 cm³/mol. The molecule has 0 aliphatic rings. The number of furan rings is 1. The molecule has 0 unspecified atom stereocenters. The van der Waals surface area contributed by atoms with Crippen LogP contribution in [0.15, 0.2) is 51.2 Å². The zero-order valence-electron chi connectivity index (χ0n) is 10.7. The third-order valence-electron chi connectivity index (χ3n) is 2.10. The lowest BCUT2D eigenvalue weighted by Gasteiger charge is -2.02. The molecule has 2 rings (SSSR count). The first kappa shape index (κ1) is 14.7. The van der Waals surface area contributed by atoms with Crippen LogP contribution >= 0.6 is 22.9 Å². The molecule has 2 heterocycles. The van der Waals surface area contributed by atoms with Gasteiger partial charge in [-0.05, 0) is 30.0 Å². The van der Waals surface area contributed by atoms with Gasteiger partial charge in [0.1, 0.15) is 5.16 Å². The van der Waals surface area contributed by atoms with Gasteiger partial charge in [0.15, 0.2) is 0 Å². The Labute approximate surface area is 117 Å². The van der Waals surface area contributed by atoms with Gasteiger partial charge in [-0.1, -0.05) is 32.0 Å². The van der Waals surface area contributed by atoms with Crippen LogP contribution in [0.25, 0.3) is 0 Å². The number of aryl methyl sites for hydroxylation is 1. The van der Waals surface area contributed by atoms with Crippen LogP contribution in [-0.2, 0) is 0 Å². The van der Waals surface area contributed by atoms with Crippen LogP contribution in [0.5, 0.6) is 0 Å². The Morgan fingerprint density at radius 3 is 2.56 bits per heavy atom. The Morgan fingerprint density at radius 1 is 1.39 bits per heavy atom. The van der Waals surface area contributed by atoms with Gasteiger partial charge in [-0.2, -0.15) is 0 Å². The van der Waals surface area contributed by atoms with E-state index in [1.807, 2.05) is 38.3 Å². The van der Waals surface area contributed by atoms with Crippen molar-refractivity contribution in [3.05, 3.63) is 57.8 Å². The van der Waals surface area contributed by atoms with E-state index in [0.29, 0.717) is 0 Å². The first-order valence-electron chi connectivity index (χ1n) is 5.68. The number of hydrogen-bond donors (Lipinski definition) is 0. The molecule has 0 amide bonds. The molecule has 0 aromatic carbocycles. The van der Waals surface area contributed by atoms with Gasteiger partial charge in [0.2, 0.25) is 0 Å². The molecule has 0 radical (unpaired) electrons. The molecule has 0 bridgehead atoms. The van der Waals surface area contributed by atoms with Crippen LogP contribution < -0.4 is 0 Å². The topological polar surface area (TPSA) is 25.5 Å². The van der Waals surface area contributed by atoms with Gasteiger partial charge >= 0.3 is 0 Å². The van der Waals surface area contributed by atoms with Crippen molar-refractivity contribution < 1.29 is 4.42 Å². The second kappa shape index (κ2) is 7.19. The number of aliphatic imine (C=N–C) groups is 1. The zero-order valence-corrected chi connectivity index (χ0v) is 12.3. The molecule has 96 valence electrons. The van der Waals surface area contributed by atoms with E-state index in [1.54, 1.807) is 23.9 Å². The average Bonchev–Trinajstić information content (AvgIpc) is 2.99. The number of hydrogen-bond acceptors (Lipinski definition) is 3.